The second-order valence-electron chi connectivity index (χ2n) is 3.60. The predicted molar refractivity (Wildman–Crippen MR) is 76.4 cm³/mol. The van der Waals surface area contributed by atoms with Gasteiger partial charge in [0, 0.05) is 5.70 Å². The van der Waals surface area contributed by atoms with E-state index in [1.54, 1.807) is 6.08 Å². The second kappa shape index (κ2) is 4.97. The number of aromatic nitrogens is 2. The zero-order valence-electron chi connectivity index (χ0n) is 9.68. The first kappa shape index (κ1) is 11.6. The van der Waals surface area contributed by atoms with Crippen LogP contribution in [0.25, 0.3) is 16.7 Å². The van der Waals surface area contributed by atoms with Gasteiger partial charge in [-0.1, -0.05) is 30.9 Å². The number of rotatable bonds is 3. The summed E-state index contributed by atoms with van der Waals surface area (Å²) in [5, 5.41) is 0. The third kappa shape index (κ3) is 2.15. The molecular formula is C14H14N2S. The Morgan fingerprint density at radius 3 is 2.88 bits per heavy atom. The number of aromatic amines is 1. The van der Waals surface area contributed by atoms with E-state index < -0.39 is 0 Å². The van der Waals surface area contributed by atoms with Crippen LogP contribution in [0.4, 0.5) is 0 Å². The van der Waals surface area contributed by atoms with E-state index in [2.05, 4.69) is 11.6 Å². The topological polar surface area (TPSA) is 20.7 Å². The third-order valence-corrected chi connectivity index (χ3v) is 2.80. The minimum Gasteiger partial charge on any atom is -0.330 e. The Morgan fingerprint density at radius 2 is 2.18 bits per heavy atom. The highest BCUT2D eigenvalue weighted by atomic mass is 32.1. The molecule has 0 unspecified atom stereocenters. The first-order chi connectivity index (χ1) is 8.27. The van der Waals surface area contributed by atoms with E-state index in [4.69, 9.17) is 12.2 Å². The highest BCUT2D eigenvalue weighted by Gasteiger charge is 2.04. The molecule has 1 aromatic heterocycles. The number of para-hydroxylation sites is 2. The summed E-state index contributed by atoms with van der Waals surface area (Å²) >= 11 is 5.34. The van der Waals surface area contributed by atoms with Crippen molar-refractivity contribution in [1.82, 2.24) is 9.55 Å². The summed E-state index contributed by atoms with van der Waals surface area (Å²) in [5.74, 6) is 0. The number of nitrogens with zero attached hydrogens (tertiary/aromatic N) is 1. The van der Waals surface area contributed by atoms with Crippen molar-refractivity contribution >= 4 is 28.9 Å². The van der Waals surface area contributed by atoms with E-state index >= 15 is 0 Å². The van der Waals surface area contributed by atoms with Crippen LogP contribution in [0.3, 0.4) is 0 Å². The number of fused-ring (bicyclic) bond motifs is 1. The van der Waals surface area contributed by atoms with Crippen molar-refractivity contribution in [2.75, 3.05) is 0 Å². The number of H-pyrrole nitrogens is 1. The monoisotopic (exact) mass is 242 g/mol. The lowest BCUT2D eigenvalue weighted by Gasteiger charge is -2.04. The molecule has 86 valence electrons. The van der Waals surface area contributed by atoms with E-state index in [-0.39, 0.29) is 0 Å². The summed E-state index contributed by atoms with van der Waals surface area (Å²) in [6.45, 7) is 5.81. The van der Waals surface area contributed by atoms with Crippen LogP contribution in [0.2, 0.25) is 0 Å². The molecule has 0 fully saturated rings. The van der Waals surface area contributed by atoms with Crippen molar-refractivity contribution in [3.05, 3.63) is 59.9 Å². The van der Waals surface area contributed by atoms with E-state index in [1.165, 1.54) is 0 Å². The molecule has 0 saturated carbocycles. The predicted octanol–water partition coefficient (Wildman–Crippen LogP) is 4.30. The van der Waals surface area contributed by atoms with E-state index in [1.807, 2.05) is 54.0 Å². The maximum Gasteiger partial charge on any atom is 0.182 e. The molecule has 2 rings (SSSR count). The van der Waals surface area contributed by atoms with Crippen molar-refractivity contribution in [1.29, 1.82) is 0 Å². The standard InChI is InChI=1S/C14H14N2S/c1-3-5-8-11(4-2)16-13-10-7-6-9-12(13)15-14(16)17/h3-10H,2H2,1H3,(H,15,17)/b5-3-,11-8+. The van der Waals surface area contributed by atoms with Gasteiger partial charge in [-0.25, -0.2) is 0 Å². The summed E-state index contributed by atoms with van der Waals surface area (Å²) < 4.78 is 2.67. The summed E-state index contributed by atoms with van der Waals surface area (Å²) in [6.07, 6.45) is 7.74. The van der Waals surface area contributed by atoms with Gasteiger partial charge in [0.2, 0.25) is 0 Å². The highest BCUT2D eigenvalue weighted by molar-refractivity contribution is 7.71. The van der Waals surface area contributed by atoms with Crippen molar-refractivity contribution in [3.8, 4) is 0 Å². The smallest absolute Gasteiger partial charge is 0.182 e. The summed E-state index contributed by atoms with van der Waals surface area (Å²) in [4.78, 5) is 3.18. The summed E-state index contributed by atoms with van der Waals surface area (Å²) in [5.41, 5.74) is 3.06. The number of hydrogen-bond donors (Lipinski definition) is 1. The van der Waals surface area contributed by atoms with Gasteiger partial charge in [-0.3, -0.25) is 4.57 Å². The van der Waals surface area contributed by atoms with Crippen LogP contribution in [0.15, 0.2) is 55.1 Å². The molecule has 0 aliphatic rings. The molecule has 0 saturated heterocycles. The molecular weight excluding hydrogens is 228 g/mol. The lowest BCUT2D eigenvalue weighted by molar-refractivity contribution is 1.11. The molecule has 0 aliphatic heterocycles. The van der Waals surface area contributed by atoms with Crippen molar-refractivity contribution < 1.29 is 0 Å². The first-order valence-electron chi connectivity index (χ1n) is 5.43. The van der Waals surface area contributed by atoms with Crippen molar-refractivity contribution in [2.45, 2.75) is 6.92 Å². The van der Waals surface area contributed by atoms with Crippen molar-refractivity contribution in [2.24, 2.45) is 0 Å². The summed E-state index contributed by atoms with van der Waals surface area (Å²) in [7, 11) is 0. The van der Waals surface area contributed by atoms with Crippen LogP contribution in [0, 0.1) is 4.77 Å². The Morgan fingerprint density at radius 1 is 1.41 bits per heavy atom. The molecule has 3 heteroatoms. The zero-order valence-corrected chi connectivity index (χ0v) is 10.5. The van der Waals surface area contributed by atoms with Crippen molar-refractivity contribution in [3.63, 3.8) is 0 Å². The Kier molecular flexibility index (Phi) is 3.40. The largest absolute Gasteiger partial charge is 0.330 e. The second-order valence-corrected chi connectivity index (χ2v) is 3.99. The fourth-order valence-electron chi connectivity index (χ4n) is 1.74. The van der Waals surface area contributed by atoms with Gasteiger partial charge in [0.25, 0.3) is 0 Å². The van der Waals surface area contributed by atoms with Gasteiger partial charge in [-0.2, -0.15) is 0 Å². The number of benzene rings is 1. The number of nitrogens with one attached hydrogen (secondary N) is 1. The Bertz CT molecular complexity index is 656. The van der Waals surface area contributed by atoms with Gasteiger partial charge in [-0.15, -0.1) is 0 Å². The molecule has 0 amide bonds. The van der Waals surface area contributed by atoms with E-state index in [0.717, 1.165) is 16.7 Å². The van der Waals surface area contributed by atoms with Crippen LogP contribution in [-0.2, 0) is 0 Å². The molecule has 2 aromatic rings. The van der Waals surface area contributed by atoms with Crippen LogP contribution in [0.5, 0.6) is 0 Å². The van der Waals surface area contributed by atoms with Crippen LogP contribution in [0.1, 0.15) is 6.92 Å². The number of allylic oxidation sites excluding steroid dienone is 5. The molecule has 1 N–H and O–H groups in total. The molecule has 2 nitrogen and oxygen atoms in total. The van der Waals surface area contributed by atoms with Crippen LogP contribution >= 0.6 is 12.2 Å². The third-order valence-electron chi connectivity index (χ3n) is 2.52. The maximum atomic E-state index is 5.34. The number of imidazole rings is 1. The quantitative estimate of drug-likeness (QED) is 0.628. The molecule has 17 heavy (non-hydrogen) atoms. The SMILES string of the molecule is C=C/C(=C\C=C/C)n1c(=S)[nH]c2ccccc21. The molecule has 1 aromatic carbocycles. The Balaban J connectivity index is 2.73. The van der Waals surface area contributed by atoms with Gasteiger partial charge in [-0.05, 0) is 43.4 Å². The van der Waals surface area contributed by atoms with E-state index in [0.29, 0.717) is 4.77 Å². The number of hydrogen-bond acceptors (Lipinski definition) is 1. The fraction of sp³-hybridized carbons (Fsp3) is 0.0714. The summed E-state index contributed by atoms with van der Waals surface area (Å²) in [6, 6.07) is 8.03. The average molecular weight is 242 g/mol. The Labute approximate surface area is 106 Å². The first-order valence-corrected chi connectivity index (χ1v) is 5.84. The molecule has 0 radical (unpaired) electrons. The molecule has 0 aliphatic carbocycles. The normalized spacial score (nSPS) is 12.4. The van der Waals surface area contributed by atoms with E-state index in [9.17, 15) is 0 Å². The maximum absolute atomic E-state index is 5.34. The highest BCUT2D eigenvalue weighted by Crippen LogP contribution is 2.19. The Hall–Kier alpha value is -1.87. The molecule has 0 atom stereocenters. The minimum absolute atomic E-state index is 0.682. The van der Waals surface area contributed by atoms with Gasteiger partial charge < -0.3 is 4.98 Å². The van der Waals surface area contributed by atoms with Crippen LogP contribution < -0.4 is 0 Å². The average Bonchev–Trinajstić information content (AvgIpc) is 2.67. The zero-order chi connectivity index (χ0) is 12.3. The molecule has 0 bridgehead atoms. The van der Waals surface area contributed by atoms with Crippen LogP contribution in [-0.4, -0.2) is 9.55 Å². The minimum atomic E-state index is 0.682. The van der Waals surface area contributed by atoms with Gasteiger partial charge in [0.1, 0.15) is 0 Å². The van der Waals surface area contributed by atoms with Gasteiger partial charge >= 0.3 is 0 Å². The molecule has 0 spiro atoms. The van der Waals surface area contributed by atoms with Gasteiger partial charge in [0.15, 0.2) is 4.77 Å². The van der Waals surface area contributed by atoms with Gasteiger partial charge in [0.05, 0.1) is 11.0 Å². The molecule has 1 heterocycles. The fourth-order valence-corrected chi connectivity index (χ4v) is 2.05. The lowest BCUT2D eigenvalue weighted by atomic mass is 10.3. The lowest BCUT2D eigenvalue weighted by Crippen LogP contribution is -1.93.